The Kier molecular flexibility index (Phi) is 4.55. The Bertz CT molecular complexity index is 805. The van der Waals surface area contributed by atoms with Crippen LogP contribution in [0.1, 0.15) is 5.56 Å². The Morgan fingerprint density at radius 1 is 0.913 bits per heavy atom. The molecule has 23 heavy (non-hydrogen) atoms. The van der Waals surface area contributed by atoms with E-state index >= 15 is 0 Å². The van der Waals surface area contributed by atoms with Crippen LogP contribution >= 0.6 is 22.9 Å². The van der Waals surface area contributed by atoms with Gasteiger partial charge < -0.3 is 9.47 Å². The summed E-state index contributed by atoms with van der Waals surface area (Å²) in [5, 5.41) is 0.836. The first kappa shape index (κ1) is 15.8. The molecule has 0 atom stereocenters. The van der Waals surface area contributed by atoms with Crippen molar-refractivity contribution in [3.05, 3.63) is 52.4 Å². The lowest BCUT2D eigenvalue weighted by molar-refractivity contribution is 0.394. The number of hydrogen-bond acceptors (Lipinski definition) is 4. The normalized spacial score (nSPS) is 10.6. The van der Waals surface area contributed by atoms with Crippen molar-refractivity contribution >= 4 is 22.9 Å². The minimum absolute atomic E-state index is 0.672. The second kappa shape index (κ2) is 6.60. The molecule has 0 amide bonds. The molecule has 1 heterocycles. The van der Waals surface area contributed by atoms with Crippen LogP contribution < -0.4 is 9.47 Å². The molecule has 0 spiro atoms. The first-order chi connectivity index (χ1) is 11.1. The van der Waals surface area contributed by atoms with E-state index < -0.39 is 0 Å². The van der Waals surface area contributed by atoms with Gasteiger partial charge in [0.25, 0.3) is 0 Å². The van der Waals surface area contributed by atoms with Crippen molar-refractivity contribution in [3.8, 4) is 33.3 Å². The van der Waals surface area contributed by atoms with E-state index in [0.717, 1.165) is 33.3 Å². The molecule has 0 fully saturated rings. The van der Waals surface area contributed by atoms with Crippen molar-refractivity contribution in [2.24, 2.45) is 0 Å². The molecule has 0 saturated heterocycles. The Balaban J connectivity index is 2.05. The predicted molar refractivity (Wildman–Crippen MR) is 95.8 cm³/mol. The van der Waals surface area contributed by atoms with E-state index in [4.69, 9.17) is 26.1 Å². The molecule has 0 saturated carbocycles. The number of rotatable bonds is 4. The predicted octanol–water partition coefficient (Wildman–Crippen LogP) is 5.46. The van der Waals surface area contributed by atoms with E-state index in [0.29, 0.717) is 4.34 Å². The average Bonchev–Trinajstić information content (AvgIpc) is 2.97. The van der Waals surface area contributed by atoms with E-state index in [-0.39, 0.29) is 0 Å². The molecule has 0 N–H and O–H groups in total. The Morgan fingerprint density at radius 2 is 1.52 bits per heavy atom. The zero-order valence-corrected chi connectivity index (χ0v) is 14.7. The second-order valence-corrected chi connectivity index (χ2v) is 6.71. The number of halogens is 1. The molecule has 0 bridgehead atoms. The van der Waals surface area contributed by atoms with E-state index in [2.05, 4.69) is 19.1 Å². The number of aromatic nitrogens is 1. The fourth-order valence-corrected chi connectivity index (χ4v) is 3.42. The van der Waals surface area contributed by atoms with Crippen molar-refractivity contribution < 1.29 is 9.47 Å². The maximum absolute atomic E-state index is 6.41. The molecule has 0 aliphatic rings. The Hall–Kier alpha value is -2.04. The molecule has 1 aromatic heterocycles. The van der Waals surface area contributed by atoms with Crippen LogP contribution in [-0.4, -0.2) is 19.2 Å². The van der Waals surface area contributed by atoms with E-state index in [1.165, 1.54) is 16.9 Å². The fourth-order valence-electron chi connectivity index (χ4n) is 2.25. The van der Waals surface area contributed by atoms with Crippen LogP contribution in [0, 0.1) is 6.92 Å². The summed E-state index contributed by atoms with van der Waals surface area (Å²) >= 11 is 7.86. The molecule has 0 aliphatic heterocycles. The SMILES string of the molecule is COc1cc(OC)cc(-c2nc(-c3ccc(C)cc3)c(Cl)s2)c1. The van der Waals surface area contributed by atoms with Gasteiger partial charge in [-0.15, -0.1) is 11.3 Å². The zero-order valence-electron chi connectivity index (χ0n) is 13.1. The standard InChI is InChI=1S/C18H16ClNO2S/c1-11-4-6-12(7-5-11)16-17(19)23-18(20-16)13-8-14(21-2)10-15(9-13)22-3/h4-10H,1-3H3. The summed E-state index contributed by atoms with van der Waals surface area (Å²) < 4.78 is 11.3. The number of hydrogen-bond donors (Lipinski definition) is 0. The smallest absolute Gasteiger partial charge is 0.125 e. The summed E-state index contributed by atoms with van der Waals surface area (Å²) in [5.74, 6) is 1.45. The Morgan fingerprint density at radius 3 is 2.09 bits per heavy atom. The minimum Gasteiger partial charge on any atom is -0.497 e. The van der Waals surface area contributed by atoms with Gasteiger partial charge in [-0.2, -0.15) is 0 Å². The van der Waals surface area contributed by atoms with Crippen molar-refractivity contribution in [2.45, 2.75) is 6.92 Å². The van der Waals surface area contributed by atoms with Gasteiger partial charge in [0.1, 0.15) is 26.5 Å². The van der Waals surface area contributed by atoms with Crippen LogP contribution in [0.25, 0.3) is 21.8 Å². The zero-order chi connectivity index (χ0) is 16.4. The van der Waals surface area contributed by atoms with Crippen LogP contribution in [0.3, 0.4) is 0 Å². The summed E-state index contributed by atoms with van der Waals surface area (Å²) in [4.78, 5) is 4.71. The molecule has 0 radical (unpaired) electrons. The maximum atomic E-state index is 6.41. The molecule has 118 valence electrons. The first-order valence-electron chi connectivity index (χ1n) is 7.07. The highest BCUT2D eigenvalue weighted by atomic mass is 35.5. The quantitative estimate of drug-likeness (QED) is 0.629. The number of ether oxygens (including phenoxy) is 2. The molecule has 0 aliphatic carbocycles. The summed E-state index contributed by atoms with van der Waals surface area (Å²) in [5.41, 5.74) is 3.94. The van der Waals surface area contributed by atoms with E-state index in [1.54, 1.807) is 14.2 Å². The Labute approximate surface area is 144 Å². The van der Waals surface area contributed by atoms with Gasteiger partial charge in [-0.1, -0.05) is 41.4 Å². The third-order valence-electron chi connectivity index (χ3n) is 3.51. The number of methoxy groups -OCH3 is 2. The summed E-state index contributed by atoms with van der Waals surface area (Å²) in [6.07, 6.45) is 0. The van der Waals surface area contributed by atoms with Gasteiger partial charge >= 0.3 is 0 Å². The van der Waals surface area contributed by atoms with Crippen LogP contribution in [-0.2, 0) is 0 Å². The molecule has 0 unspecified atom stereocenters. The van der Waals surface area contributed by atoms with Gasteiger partial charge in [-0.3, -0.25) is 0 Å². The molecule has 3 aromatic rings. The van der Waals surface area contributed by atoms with Crippen LogP contribution in [0.5, 0.6) is 11.5 Å². The summed E-state index contributed by atoms with van der Waals surface area (Å²) in [7, 11) is 3.26. The molecular formula is C18H16ClNO2S. The molecule has 3 nitrogen and oxygen atoms in total. The van der Waals surface area contributed by atoms with Gasteiger partial charge in [0, 0.05) is 17.2 Å². The average molecular weight is 346 g/mol. The topological polar surface area (TPSA) is 31.4 Å². The van der Waals surface area contributed by atoms with Gasteiger partial charge in [0.2, 0.25) is 0 Å². The van der Waals surface area contributed by atoms with Gasteiger partial charge in [-0.05, 0) is 19.1 Å². The third-order valence-corrected chi connectivity index (χ3v) is 4.81. The van der Waals surface area contributed by atoms with Crippen molar-refractivity contribution in [1.82, 2.24) is 4.98 Å². The monoisotopic (exact) mass is 345 g/mol. The van der Waals surface area contributed by atoms with Gasteiger partial charge in [-0.25, -0.2) is 4.98 Å². The lowest BCUT2D eigenvalue weighted by atomic mass is 10.1. The third kappa shape index (κ3) is 3.33. The highest BCUT2D eigenvalue weighted by Gasteiger charge is 2.14. The fraction of sp³-hybridized carbons (Fsp3) is 0.167. The van der Waals surface area contributed by atoms with Crippen LogP contribution in [0.2, 0.25) is 4.34 Å². The molecule has 5 heteroatoms. The van der Waals surface area contributed by atoms with E-state index in [1.807, 2.05) is 30.3 Å². The number of benzene rings is 2. The maximum Gasteiger partial charge on any atom is 0.125 e. The van der Waals surface area contributed by atoms with Gasteiger partial charge in [0.15, 0.2) is 0 Å². The van der Waals surface area contributed by atoms with E-state index in [9.17, 15) is 0 Å². The molecule has 2 aromatic carbocycles. The first-order valence-corrected chi connectivity index (χ1v) is 8.27. The minimum atomic E-state index is 0.672. The highest BCUT2D eigenvalue weighted by Crippen LogP contribution is 2.39. The van der Waals surface area contributed by atoms with Crippen molar-refractivity contribution in [3.63, 3.8) is 0 Å². The van der Waals surface area contributed by atoms with Crippen molar-refractivity contribution in [1.29, 1.82) is 0 Å². The lowest BCUT2D eigenvalue weighted by Gasteiger charge is -2.06. The number of nitrogens with zero attached hydrogens (tertiary/aromatic N) is 1. The molecular weight excluding hydrogens is 330 g/mol. The molecule has 3 rings (SSSR count). The van der Waals surface area contributed by atoms with Crippen LogP contribution in [0.4, 0.5) is 0 Å². The second-order valence-electron chi connectivity index (χ2n) is 5.11. The highest BCUT2D eigenvalue weighted by molar-refractivity contribution is 7.19. The van der Waals surface area contributed by atoms with Crippen LogP contribution in [0.15, 0.2) is 42.5 Å². The lowest BCUT2D eigenvalue weighted by Crippen LogP contribution is -1.88. The number of aryl methyl sites for hydroxylation is 1. The van der Waals surface area contributed by atoms with Crippen molar-refractivity contribution in [2.75, 3.05) is 14.2 Å². The summed E-state index contributed by atoms with van der Waals surface area (Å²) in [6, 6.07) is 13.9. The number of thiazole rings is 1. The summed E-state index contributed by atoms with van der Waals surface area (Å²) in [6.45, 7) is 2.06. The van der Waals surface area contributed by atoms with Gasteiger partial charge in [0.05, 0.1) is 14.2 Å². The largest absolute Gasteiger partial charge is 0.497 e.